The molecule has 0 unspecified atom stereocenters. The van der Waals surface area contributed by atoms with Gasteiger partial charge in [0.05, 0.1) is 0 Å². The number of allylic oxidation sites excluding steroid dienone is 2. The van der Waals surface area contributed by atoms with E-state index in [1.54, 1.807) is 0 Å². The molecule has 2 nitrogen and oxygen atoms in total. The van der Waals surface area contributed by atoms with Crippen molar-refractivity contribution in [2.75, 3.05) is 6.54 Å². The summed E-state index contributed by atoms with van der Waals surface area (Å²) in [6, 6.07) is 6.44. The maximum Gasteiger partial charge on any atom is 0.165 e. The molecule has 1 heterocycles. The summed E-state index contributed by atoms with van der Waals surface area (Å²) in [5.74, 6) is 0.302. The Kier molecular flexibility index (Phi) is 2.10. The fourth-order valence-electron chi connectivity index (χ4n) is 2.64. The Bertz CT molecular complexity index is 499. The summed E-state index contributed by atoms with van der Waals surface area (Å²) >= 11 is 0. The third-order valence-electron chi connectivity index (χ3n) is 3.45. The zero-order chi connectivity index (χ0) is 11.1. The first-order valence-corrected chi connectivity index (χ1v) is 5.86. The molecule has 1 aromatic rings. The van der Waals surface area contributed by atoms with Gasteiger partial charge in [-0.3, -0.25) is 4.79 Å². The molecule has 1 N–H and O–H groups in total. The normalized spacial score (nSPS) is 18.9. The number of hydrogen-bond acceptors (Lipinski definition) is 2. The topological polar surface area (TPSA) is 29.1 Å². The minimum Gasteiger partial charge on any atom is -0.387 e. The van der Waals surface area contributed by atoms with Crippen LogP contribution in [-0.2, 0) is 11.2 Å². The largest absolute Gasteiger partial charge is 0.387 e. The van der Waals surface area contributed by atoms with Crippen LogP contribution in [0.3, 0.4) is 0 Å². The maximum absolute atomic E-state index is 11.9. The van der Waals surface area contributed by atoms with Gasteiger partial charge in [-0.15, -0.1) is 0 Å². The summed E-state index contributed by atoms with van der Waals surface area (Å²) in [5.41, 5.74) is 5.82. The van der Waals surface area contributed by atoms with Gasteiger partial charge in [0.15, 0.2) is 5.78 Å². The van der Waals surface area contributed by atoms with E-state index in [1.807, 2.05) is 0 Å². The number of fused-ring (bicyclic) bond motifs is 2. The van der Waals surface area contributed by atoms with E-state index in [4.69, 9.17) is 0 Å². The van der Waals surface area contributed by atoms with Crippen LogP contribution in [0.1, 0.15) is 29.5 Å². The Morgan fingerprint density at radius 1 is 1.19 bits per heavy atom. The fourth-order valence-corrected chi connectivity index (χ4v) is 2.64. The molecule has 0 saturated carbocycles. The van der Waals surface area contributed by atoms with Crippen molar-refractivity contribution >= 4 is 11.4 Å². The molecule has 0 saturated heterocycles. The van der Waals surface area contributed by atoms with Crippen LogP contribution in [0.4, 0.5) is 0 Å². The van der Waals surface area contributed by atoms with Crippen LogP contribution in [-0.4, -0.2) is 12.3 Å². The van der Waals surface area contributed by atoms with E-state index in [0.29, 0.717) is 12.2 Å². The predicted molar refractivity (Wildman–Crippen MR) is 64.0 cm³/mol. The van der Waals surface area contributed by atoms with E-state index < -0.39 is 0 Å². The van der Waals surface area contributed by atoms with Crippen LogP contribution in [0, 0.1) is 6.92 Å². The monoisotopic (exact) mass is 213 g/mol. The SMILES string of the molecule is Cc1ccc2c(c1)C1=C(CCC1=O)NCC2. The minimum absolute atomic E-state index is 0.302. The Hall–Kier alpha value is -1.57. The zero-order valence-electron chi connectivity index (χ0n) is 9.47. The second-order valence-corrected chi connectivity index (χ2v) is 4.61. The Labute approximate surface area is 95.4 Å². The van der Waals surface area contributed by atoms with E-state index in [1.165, 1.54) is 16.7 Å². The second-order valence-electron chi connectivity index (χ2n) is 4.61. The van der Waals surface area contributed by atoms with Gasteiger partial charge in [-0.25, -0.2) is 0 Å². The molecule has 0 bridgehead atoms. The number of Topliss-reactive ketones (excluding diaryl/α,β-unsaturated/α-hetero) is 1. The van der Waals surface area contributed by atoms with Gasteiger partial charge >= 0.3 is 0 Å². The standard InChI is InChI=1S/C14H15NO/c1-9-2-3-10-6-7-15-12-4-5-13(16)14(12)11(10)8-9/h2-3,8,15H,4-7H2,1H3. The lowest BCUT2D eigenvalue weighted by Crippen LogP contribution is -2.13. The molecule has 82 valence electrons. The van der Waals surface area contributed by atoms with Gasteiger partial charge < -0.3 is 5.32 Å². The highest BCUT2D eigenvalue weighted by Crippen LogP contribution is 2.33. The molecule has 1 aliphatic carbocycles. The van der Waals surface area contributed by atoms with Crippen molar-refractivity contribution in [2.24, 2.45) is 0 Å². The second kappa shape index (κ2) is 3.48. The number of benzene rings is 1. The van der Waals surface area contributed by atoms with Gasteiger partial charge in [-0.1, -0.05) is 23.8 Å². The molecule has 3 rings (SSSR count). The summed E-state index contributed by atoms with van der Waals surface area (Å²) in [6.45, 7) is 3.03. The van der Waals surface area contributed by atoms with Crippen molar-refractivity contribution in [1.29, 1.82) is 0 Å². The van der Waals surface area contributed by atoms with Crippen LogP contribution in [0.2, 0.25) is 0 Å². The molecular weight excluding hydrogens is 198 g/mol. The Balaban J connectivity index is 2.23. The van der Waals surface area contributed by atoms with E-state index in [0.717, 1.165) is 30.7 Å². The zero-order valence-corrected chi connectivity index (χ0v) is 9.47. The summed E-state index contributed by atoms with van der Waals surface area (Å²) in [7, 11) is 0. The van der Waals surface area contributed by atoms with Crippen LogP contribution < -0.4 is 5.32 Å². The molecule has 0 radical (unpaired) electrons. The van der Waals surface area contributed by atoms with Crippen molar-refractivity contribution < 1.29 is 4.79 Å². The smallest absolute Gasteiger partial charge is 0.165 e. The predicted octanol–water partition coefficient (Wildman–Crippen LogP) is 2.21. The van der Waals surface area contributed by atoms with Crippen molar-refractivity contribution in [3.8, 4) is 0 Å². The lowest BCUT2D eigenvalue weighted by atomic mass is 9.95. The average Bonchev–Trinajstić information content (AvgIpc) is 2.53. The van der Waals surface area contributed by atoms with E-state index in [2.05, 4.69) is 30.4 Å². The van der Waals surface area contributed by atoms with Crippen molar-refractivity contribution in [3.63, 3.8) is 0 Å². The van der Waals surface area contributed by atoms with Crippen LogP contribution in [0.25, 0.3) is 5.57 Å². The molecule has 1 aliphatic heterocycles. The number of nitrogens with one attached hydrogen (secondary N) is 1. The quantitative estimate of drug-likeness (QED) is 0.716. The van der Waals surface area contributed by atoms with Crippen molar-refractivity contribution in [1.82, 2.24) is 5.32 Å². The molecule has 2 aliphatic rings. The first kappa shape index (κ1) is 9.64. The lowest BCUT2D eigenvalue weighted by molar-refractivity contribution is -0.113. The van der Waals surface area contributed by atoms with E-state index in [9.17, 15) is 4.79 Å². The number of ketones is 1. The van der Waals surface area contributed by atoms with Gasteiger partial charge in [0, 0.05) is 24.2 Å². The van der Waals surface area contributed by atoms with Gasteiger partial charge in [-0.05, 0) is 30.9 Å². The minimum atomic E-state index is 0.302. The maximum atomic E-state index is 11.9. The number of carbonyl (C=O) groups excluding carboxylic acids is 1. The van der Waals surface area contributed by atoms with Crippen LogP contribution >= 0.6 is 0 Å². The molecule has 0 aromatic heterocycles. The van der Waals surface area contributed by atoms with E-state index in [-0.39, 0.29) is 0 Å². The number of aryl methyl sites for hydroxylation is 1. The molecule has 0 amide bonds. The molecule has 0 fully saturated rings. The molecule has 0 spiro atoms. The highest BCUT2D eigenvalue weighted by molar-refractivity contribution is 6.24. The number of rotatable bonds is 0. The highest BCUT2D eigenvalue weighted by Gasteiger charge is 2.27. The summed E-state index contributed by atoms with van der Waals surface area (Å²) in [6.07, 6.45) is 2.57. The first-order chi connectivity index (χ1) is 7.75. The summed E-state index contributed by atoms with van der Waals surface area (Å²) < 4.78 is 0. The van der Waals surface area contributed by atoms with Crippen LogP contribution in [0.15, 0.2) is 23.9 Å². The van der Waals surface area contributed by atoms with Gasteiger partial charge in [0.2, 0.25) is 0 Å². The molecule has 16 heavy (non-hydrogen) atoms. The Morgan fingerprint density at radius 2 is 2.06 bits per heavy atom. The molecule has 1 aromatic carbocycles. The third kappa shape index (κ3) is 1.37. The number of hydrogen-bond donors (Lipinski definition) is 1. The Morgan fingerprint density at radius 3 is 2.94 bits per heavy atom. The van der Waals surface area contributed by atoms with Gasteiger partial charge in [-0.2, -0.15) is 0 Å². The molecular formula is C14H15NO. The van der Waals surface area contributed by atoms with E-state index >= 15 is 0 Å². The van der Waals surface area contributed by atoms with Crippen molar-refractivity contribution in [3.05, 3.63) is 40.6 Å². The third-order valence-corrected chi connectivity index (χ3v) is 3.45. The lowest BCUT2D eigenvalue weighted by Gasteiger charge is -2.08. The average molecular weight is 213 g/mol. The fraction of sp³-hybridized carbons (Fsp3) is 0.357. The van der Waals surface area contributed by atoms with Crippen molar-refractivity contribution in [2.45, 2.75) is 26.2 Å². The molecule has 2 heteroatoms. The molecule has 0 atom stereocenters. The highest BCUT2D eigenvalue weighted by atomic mass is 16.1. The van der Waals surface area contributed by atoms with Gasteiger partial charge in [0.1, 0.15) is 0 Å². The van der Waals surface area contributed by atoms with Gasteiger partial charge in [0.25, 0.3) is 0 Å². The summed E-state index contributed by atoms with van der Waals surface area (Å²) in [5, 5.41) is 3.40. The first-order valence-electron chi connectivity index (χ1n) is 5.86. The summed E-state index contributed by atoms with van der Waals surface area (Å²) in [4.78, 5) is 11.9. The van der Waals surface area contributed by atoms with Crippen LogP contribution in [0.5, 0.6) is 0 Å². The number of carbonyl (C=O) groups is 1.